The van der Waals surface area contributed by atoms with Gasteiger partial charge < -0.3 is 4.90 Å². The van der Waals surface area contributed by atoms with Gasteiger partial charge in [0.2, 0.25) is 0 Å². The van der Waals surface area contributed by atoms with Crippen LogP contribution in [0, 0.1) is 5.92 Å². The van der Waals surface area contributed by atoms with Crippen LogP contribution in [0.4, 0.5) is 5.69 Å². The fraction of sp³-hybridized carbons (Fsp3) is 0.647. The van der Waals surface area contributed by atoms with Crippen molar-refractivity contribution < 1.29 is 0 Å². The highest BCUT2D eigenvalue weighted by atomic mass is 35.5. The van der Waals surface area contributed by atoms with Crippen molar-refractivity contribution >= 4 is 28.9 Å². The molecular weight excluding hydrogens is 303 g/mol. The monoisotopic (exact) mass is 326 g/mol. The van der Waals surface area contributed by atoms with Crippen LogP contribution >= 0.6 is 23.2 Å². The largest absolute Gasteiger partial charge is 0.365 e. The summed E-state index contributed by atoms with van der Waals surface area (Å²) in [6, 6.07) is 7.15. The minimum Gasteiger partial charge on any atom is -0.365 e. The molecule has 0 bridgehead atoms. The third-order valence-corrected chi connectivity index (χ3v) is 5.36. The van der Waals surface area contributed by atoms with Crippen LogP contribution in [0.2, 0.25) is 10.0 Å². The fourth-order valence-electron chi connectivity index (χ4n) is 3.78. The molecule has 2 atom stereocenters. The van der Waals surface area contributed by atoms with Crippen molar-refractivity contribution in [2.24, 2.45) is 5.92 Å². The van der Waals surface area contributed by atoms with Crippen molar-refractivity contribution in [3.63, 3.8) is 0 Å². The number of anilines is 1. The molecule has 116 valence electrons. The summed E-state index contributed by atoms with van der Waals surface area (Å²) in [5.41, 5.74) is 1.18. The first-order chi connectivity index (χ1) is 10.0. The van der Waals surface area contributed by atoms with Gasteiger partial charge in [0.05, 0.1) is 0 Å². The summed E-state index contributed by atoms with van der Waals surface area (Å²) in [5, 5.41) is 1.46. The molecule has 0 radical (unpaired) electrons. The van der Waals surface area contributed by atoms with Gasteiger partial charge in [-0.3, -0.25) is 4.90 Å². The zero-order valence-corrected chi connectivity index (χ0v) is 14.4. The second kappa shape index (κ2) is 6.36. The molecule has 2 unspecified atom stereocenters. The molecule has 2 saturated heterocycles. The Morgan fingerprint density at radius 1 is 1.05 bits per heavy atom. The standard InChI is InChI=1S/C17H24Cl2N2/c1-12(2)17-11-20-6-4-3-5-15(20)10-21(17)16-8-13(18)7-14(19)9-16/h7-9,12,15,17H,3-6,10-11H2,1-2H3. The number of fused-ring (bicyclic) bond motifs is 1. The summed E-state index contributed by atoms with van der Waals surface area (Å²) in [7, 11) is 0. The van der Waals surface area contributed by atoms with Crippen LogP contribution < -0.4 is 4.90 Å². The van der Waals surface area contributed by atoms with Gasteiger partial charge in [-0.2, -0.15) is 0 Å². The molecule has 1 aromatic rings. The molecule has 0 aromatic heterocycles. The van der Waals surface area contributed by atoms with E-state index < -0.39 is 0 Å². The van der Waals surface area contributed by atoms with Gasteiger partial charge in [0.1, 0.15) is 0 Å². The highest BCUT2D eigenvalue weighted by Gasteiger charge is 2.36. The second-order valence-corrected chi connectivity index (χ2v) is 7.61. The predicted octanol–water partition coefficient (Wildman–Crippen LogP) is 4.69. The van der Waals surface area contributed by atoms with E-state index in [-0.39, 0.29) is 0 Å². The average Bonchev–Trinajstić information content (AvgIpc) is 2.44. The summed E-state index contributed by atoms with van der Waals surface area (Å²) in [6.07, 6.45) is 4.03. The maximum Gasteiger partial charge on any atom is 0.0441 e. The maximum atomic E-state index is 6.21. The highest BCUT2D eigenvalue weighted by molar-refractivity contribution is 6.35. The molecule has 2 nitrogen and oxygen atoms in total. The Morgan fingerprint density at radius 3 is 2.43 bits per heavy atom. The Bertz CT molecular complexity index is 483. The summed E-state index contributed by atoms with van der Waals surface area (Å²) in [4.78, 5) is 5.23. The van der Waals surface area contributed by atoms with Crippen LogP contribution in [-0.2, 0) is 0 Å². The molecule has 0 amide bonds. The van der Waals surface area contributed by atoms with E-state index >= 15 is 0 Å². The number of halogens is 2. The number of piperidine rings is 1. The van der Waals surface area contributed by atoms with Crippen LogP contribution in [-0.4, -0.2) is 36.6 Å². The number of rotatable bonds is 2. The Hall–Kier alpha value is -0.440. The van der Waals surface area contributed by atoms with Gasteiger partial charge in [-0.05, 0) is 43.5 Å². The molecule has 2 aliphatic heterocycles. The number of hydrogen-bond donors (Lipinski definition) is 0. The van der Waals surface area contributed by atoms with Crippen LogP contribution in [0.3, 0.4) is 0 Å². The fourth-order valence-corrected chi connectivity index (χ4v) is 4.30. The number of nitrogens with zero attached hydrogens (tertiary/aromatic N) is 2. The first kappa shape index (κ1) is 15.5. The minimum atomic E-state index is 0.536. The van der Waals surface area contributed by atoms with E-state index in [0.717, 1.165) is 23.1 Å². The SMILES string of the molecule is CC(C)C1CN2CCCCC2CN1c1cc(Cl)cc(Cl)c1. The number of benzene rings is 1. The Labute approximate surface area is 138 Å². The third kappa shape index (κ3) is 3.33. The zero-order chi connectivity index (χ0) is 15.0. The lowest BCUT2D eigenvalue weighted by atomic mass is 9.91. The molecule has 0 aliphatic carbocycles. The number of piperazine rings is 1. The highest BCUT2D eigenvalue weighted by Crippen LogP contribution is 2.33. The molecular formula is C17H24Cl2N2. The Kier molecular flexibility index (Phi) is 4.68. The molecule has 21 heavy (non-hydrogen) atoms. The van der Waals surface area contributed by atoms with Gasteiger partial charge in [0.25, 0.3) is 0 Å². The number of hydrogen-bond acceptors (Lipinski definition) is 2. The predicted molar refractivity (Wildman–Crippen MR) is 91.6 cm³/mol. The van der Waals surface area contributed by atoms with Gasteiger partial charge in [-0.15, -0.1) is 0 Å². The van der Waals surface area contributed by atoms with E-state index in [0.29, 0.717) is 18.0 Å². The van der Waals surface area contributed by atoms with Crippen molar-refractivity contribution in [3.8, 4) is 0 Å². The van der Waals surface area contributed by atoms with Crippen LogP contribution in [0.5, 0.6) is 0 Å². The van der Waals surface area contributed by atoms with Crippen molar-refractivity contribution in [1.29, 1.82) is 0 Å². The minimum absolute atomic E-state index is 0.536. The quantitative estimate of drug-likeness (QED) is 0.777. The van der Waals surface area contributed by atoms with E-state index in [2.05, 4.69) is 35.8 Å². The maximum absolute atomic E-state index is 6.21. The van der Waals surface area contributed by atoms with Crippen molar-refractivity contribution in [2.75, 3.05) is 24.5 Å². The van der Waals surface area contributed by atoms with E-state index in [1.54, 1.807) is 0 Å². The summed E-state index contributed by atoms with van der Waals surface area (Å²) >= 11 is 12.4. The van der Waals surface area contributed by atoms with Crippen molar-refractivity contribution in [2.45, 2.75) is 45.2 Å². The summed E-state index contributed by atoms with van der Waals surface area (Å²) in [6.45, 7) is 8.15. The van der Waals surface area contributed by atoms with Crippen LogP contribution in [0.1, 0.15) is 33.1 Å². The lowest BCUT2D eigenvalue weighted by molar-refractivity contribution is 0.100. The summed E-state index contributed by atoms with van der Waals surface area (Å²) in [5.74, 6) is 0.616. The molecule has 2 fully saturated rings. The molecule has 2 heterocycles. The molecule has 4 heteroatoms. The molecule has 3 rings (SSSR count). The van der Waals surface area contributed by atoms with Crippen molar-refractivity contribution in [1.82, 2.24) is 4.90 Å². The van der Waals surface area contributed by atoms with E-state index in [1.807, 2.05) is 6.07 Å². The summed E-state index contributed by atoms with van der Waals surface area (Å²) < 4.78 is 0. The lowest BCUT2D eigenvalue weighted by Gasteiger charge is -2.50. The van der Waals surface area contributed by atoms with Gasteiger partial charge in [0.15, 0.2) is 0 Å². The Morgan fingerprint density at radius 2 is 1.76 bits per heavy atom. The molecule has 0 saturated carbocycles. The average molecular weight is 327 g/mol. The van der Waals surface area contributed by atoms with Crippen LogP contribution in [0.25, 0.3) is 0 Å². The van der Waals surface area contributed by atoms with Crippen LogP contribution in [0.15, 0.2) is 18.2 Å². The molecule has 0 spiro atoms. The Balaban J connectivity index is 1.89. The third-order valence-electron chi connectivity index (χ3n) is 4.93. The van der Waals surface area contributed by atoms with E-state index in [9.17, 15) is 0 Å². The second-order valence-electron chi connectivity index (χ2n) is 6.74. The first-order valence-corrected chi connectivity index (χ1v) is 8.77. The van der Waals surface area contributed by atoms with Gasteiger partial charge in [-0.25, -0.2) is 0 Å². The zero-order valence-electron chi connectivity index (χ0n) is 12.9. The molecule has 2 aliphatic rings. The molecule has 1 aromatic carbocycles. The molecule has 0 N–H and O–H groups in total. The van der Waals surface area contributed by atoms with Crippen molar-refractivity contribution in [3.05, 3.63) is 28.2 Å². The van der Waals surface area contributed by atoms with Gasteiger partial charge >= 0.3 is 0 Å². The van der Waals surface area contributed by atoms with Gasteiger partial charge in [0, 0.05) is 40.9 Å². The smallest absolute Gasteiger partial charge is 0.0441 e. The normalized spacial score (nSPS) is 27.0. The van der Waals surface area contributed by atoms with E-state index in [1.165, 1.54) is 31.5 Å². The first-order valence-electron chi connectivity index (χ1n) is 8.01. The lowest BCUT2D eigenvalue weighted by Crippen LogP contribution is -2.61. The topological polar surface area (TPSA) is 6.48 Å². The van der Waals surface area contributed by atoms with Gasteiger partial charge in [-0.1, -0.05) is 43.5 Å². The van der Waals surface area contributed by atoms with E-state index in [4.69, 9.17) is 23.2 Å².